The van der Waals surface area contributed by atoms with E-state index in [1.165, 1.54) is 29.5 Å². The number of halogens is 3. The van der Waals surface area contributed by atoms with Crippen molar-refractivity contribution in [2.45, 2.75) is 44.3 Å². The normalized spacial score (nSPS) is 14.2. The number of alkyl halides is 3. The minimum atomic E-state index is -4.50. The molecule has 11 heteroatoms. The number of piperidine rings is 1. The van der Waals surface area contributed by atoms with Gasteiger partial charge in [-0.1, -0.05) is 18.2 Å². The highest BCUT2D eigenvalue weighted by molar-refractivity contribution is 7.09. The molecule has 4 rings (SSSR count). The number of thiazole rings is 1. The number of nitrogens with zero attached hydrogens (tertiary/aromatic N) is 2. The van der Waals surface area contributed by atoms with Crippen LogP contribution >= 0.6 is 11.3 Å². The Balaban J connectivity index is 1.24. The van der Waals surface area contributed by atoms with Gasteiger partial charge in [0.1, 0.15) is 11.4 Å². The van der Waals surface area contributed by atoms with Crippen molar-refractivity contribution in [1.29, 1.82) is 0 Å². The van der Waals surface area contributed by atoms with Gasteiger partial charge in [0.05, 0.1) is 17.7 Å². The number of methoxy groups -OCH3 is 1. The number of amides is 2. The van der Waals surface area contributed by atoms with E-state index in [1.54, 1.807) is 41.7 Å². The Morgan fingerprint density at radius 2 is 1.74 bits per heavy atom. The highest BCUT2D eigenvalue weighted by Gasteiger charge is 2.33. The first kappa shape index (κ1) is 28.3. The van der Waals surface area contributed by atoms with E-state index < -0.39 is 17.6 Å². The standard InChI is InChI=1S/C28H28F3N3O4S/c1-38-21-8-6-18(7-9-21)24(35)10-11-25(36)34-14-12-19(13-15-34)27-33-23(17-39-27)26(37)32-16-20-4-2-3-5-22(20)28(29,30)31/h2-9,17,19H,10-16H2,1H3,(H,32,37). The second kappa shape index (κ2) is 12.4. The predicted octanol–water partition coefficient (Wildman–Crippen LogP) is 5.47. The molecule has 1 N–H and O–H groups in total. The Labute approximate surface area is 228 Å². The Kier molecular flexibility index (Phi) is 9.01. The maximum absolute atomic E-state index is 13.2. The Morgan fingerprint density at radius 3 is 2.41 bits per heavy atom. The monoisotopic (exact) mass is 559 g/mol. The summed E-state index contributed by atoms with van der Waals surface area (Å²) in [5, 5.41) is 4.89. The summed E-state index contributed by atoms with van der Waals surface area (Å²) >= 11 is 1.33. The van der Waals surface area contributed by atoms with Crippen LogP contribution in [-0.4, -0.2) is 47.7 Å². The second-order valence-corrected chi connectivity index (χ2v) is 10.1. The van der Waals surface area contributed by atoms with Crippen LogP contribution in [-0.2, 0) is 17.5 Å². The zero-order chi connectivity index (χ0) is 28.0. The smallest absolute Gasteiger partial charge is 0.416 e. The largest absolute Gasteiger partial charge is 0.497 e. The lowest BCUT2D eigenvalue weighted by Crippen LogP contribution is -2.38. The summed E-state index contributed by atoms with van der Waals surface area (Å²) in [5.74, 6) is 0.0197. The molecule has 1 aliphatic rings. The maximum atomic E-state index is 13.2. The number of nitrogens with one attached hydrogen (secondary N) is 1. The number of aromatic nitrogens is 1. The van der Waals surface area contributed by atoms with Crippen molar-refractivity contribution in [2.75, 3.05) is 20.2 Å². The Hall–Kier alpha value is -3.73. The number of carbonyl (C=O) groups is 3. The van der Waals surface area contributed by atoms with Crippen LogP contribution in [0.2, 0.25) is 0 Å². The van der Waals surface area contributed by atoms with Crippen molar-refractivity contribution in [3.8, 4) is 5.75 Å². The first-order chi connectivity index (χ1) is 18.7. The summed E-state index contributed by atoms with van der Waals surface area (Å²) in [6.45, 7) is 0.786. The molecule has 1 aromatic heterocycles. The van der Waals surface area contributed by atoms with E-state index in [-0.39, 0.29) is 48.3 Å². The zero-order valence-electron chi connectivity index (χ0n) is 21.3. The molecule has 1 aliphatic heterocycles. The van der Waals surface area contributed by atoms with E-state index >= 15 is 0 Å². The van der Waals surface area contributed by atoms with Gasteiger partial charge in [-0.2, -0.15) is 13.2 Å². The van der Waals surface area contributed by atoms with Gasteiger partial charge < -0.3 is 15.0 Å². The van der Waals surface area contributed by atoms with Crippen LogP contribution in [0, 0.1) is 0 Å². The number of carbonyl (C=O) groups excluding carboxylic acids is 3. The van der Waals surface area contributed by atoms with Crippen LogP contribution in [0.1, 0.15) is 68.6 Å². The van der Waals surface area contributed by atoms with Crippen molar-refractivity contribution in [1.82, 2.24) is 15.2 Å². The first-order valence-corrected chi connectivity index (χ1v) is 13.4. The summed E-state index contributed by atoms with van der Waals surface area (Å²) in [4.78, 5) is 43.8. The third kappa shape index (κ3) is 7.23. The summed E-state index contributed by atoms with van der Waals surface area (Å²) in [6.07, 6.45) is -2.90. The average Bonchev–Trinajstić information content (AvgIpc) is 3.45. The quantitative estimate of drug-likeness (QED) is 0.352. The topological polar surface area (TPSA) is 88.6 Å². The molecular formula is C28H28F3N3O4S. The van der Waals surface area contributed by atoms with E-state index in [4.69, 9.17) is 4.74 Å². The summed E-state index contributed by atoms with van der Waals surface area (Å²) in [7, 11) is 1.55. The minimum Gasteiger partial charge on any atom is -0.497 e. The fourth-order valence-corrected chi connectivity index (χ4v) is 5.44. The molecule has 2 heterocycles. The van der Waals surface area contributed by atoms with Crippen LogP contribution in [0.15, 0.2) is 53.9 Å². The van der Waals surface area contributed by atoms with Crippen LogP contribution in [0.5, 0.6) is 5.75 Å². The molecule has 1 saturated heterocycles. The van der Waals surface area contributed by atoms with Crippen LogP contribution < -0.4 is 10.1 Å². The third-order valence-electron chi connectivity index (χ3n) is 6.69. The molecule has 0 atom stereocenters. The van der Waals surface area contributed by atoms with Gasteiger partial charge in [-0.25, -0.2) is 4.98 Å². The van der Waals surface area contributed by atoms with Crippen molar-refractivity contribution in [3.63, 3.8) is 0 Å². The molecule has 39 heavy (non-hydrogen) atoms. The molecule has 0 bridgehead atoms. The number of hydrogen-bond donors (Lipinski definition) is 1. The van der Waals surface area contributed by atoms with Gasteiger partial charge in [-0.05, 0) is 48.7 Å². The molecule has 2 amide bonds. The minimum absolute atomic E-state index is 0.0171. The molecular weight excluding hydrogens is 531 g/mol. The first-order valence-electron chi connectivity index (χ1n) is 12.5. The van der Waals surface area contributed by atoms with Crippen molar-refractivity contribution < 1.29 is 32.3 Å². The van der Waals surface area contributed by atoms with Gasteiger partial charge in [0.25, 0.3) is 5.91 Å². The number of ether oxygens (including phenoxy) is 1. The van der Waals surface area contributed by atoms with E-state index in [1.807, 2.05) is 0 Å². The third-order valence-corrected chi connectivity index (χ3v) is 7.70. The van der Waals surface area contributed by atoms with Crippen molar-refractivity contribution >= 4 is 28.9 Å². The van der Waals surface area contributed by atoms with Crippen LogP contribution in [0.4, 0.5) is 13.2 Å². The SMILES string of the molecule is COc1ccc(C(=O)CCC(=O)N2CCC(c3nc(C(=O)NCc4ccccc4C(F)(F)F)cs3)CC2)cc1. The molecule has 206 valence electrons. The molecule has 7 nitrogen and oxygen atoms in total. The molecule has 0 aliphatic carbocycles. The zero-order valence-corrected chi connectivity index (χ0v) is 22.1. The number of benzene rings is 2. The molecule has 1 fully saturated rings. The lowest BCUT2D eigenvalue weighted by Gasteiger charge is -2.31. The van der Waals surface area contributed by atoms with E-state index in [9.17, 15) is 27.6 Å². The maximum Gasteiger partial charge on any atom is 0.416 e. The summed E-state index contributed by atoms with van der Waals surface area (Å²) in [5.41, 5.74) is -0.0993. The van der Waals surface area contributed by atoms with E-state index in [0.717, 1.165) is 11.1 Å². The van der Waals surface area contributed by atoms with E-state index in [0.29, 0.717) is 37.2 Å². The summed E-state index contributed by atoms with van der Waals surface area (Å²) in [6, 6.07) is 11.9. The van der Waals surface area contributed by atoms with Gasteiger partial charge in [0, 0.05) is 49.3 Å². The predicted molar refractivity (Wildman–Crippen MR) is 140 cm³/mol. The molecule has 0 spiro atoms. The average molecular weight is 560 g/mol. The number of ketones is 1. The molecule has 0 radical (unpaired) electrons. The van der Waals surface area contributed by atoms with E-state index in [2.05, 4.69) is 10.3 Å². The lowest BCUT2D eigenvalue weighted by molar-refractivity contribution is -0.138. The highest BCUT2D eigenvalue weighted by atomic mass is 32.1. The molecule has 2 aromatic carbocycles. The lowest BCUT2D eigenvalue weighted by atomic mass is 9.97. The van der Waals surface area contributed by atoms with Crippen LogP contribution in [0.3, 0.4) is 0 Å². The van der Waals surface area contributed by atoms with Gasteiger partial charge in [0.2, 0.25) is 5.91 Å². The van der Waals surface area contributed by atoms with Gasteiger partial charge in [-0.3, -0.25) is 14.4 Å². The molecule has 0 unspecified atom stereocenters. The van der Waals surface area contributed by atoms with Gasteiger partial charge >= 0.3 is 6.18 Å². The Morgan fingerprint density at radius 1 is 1.05 bits per heavy atom. The van der Waals surface area contributed by atoms with Gasteiger partial charge in [0.15, 0.2) is 5.78 Å². The van der Waals surface area contributed by atoms with Crippen molar-refractivity contribution in [3.05, 3.63) is 81.3 Å². The highest BCUT2D eigenvalue weighted by Crippen LogP contribution is 2.32. The number of likely N-dealkylation sites (tertiary alicyclic amines) is 1. The Bertz CT molecular complexity index is 1320. The second-order valence-electron chi connectivity index (χ2n) is 9.22. The number of Topliss-reactive ketones (excluding diaryl/α,β-unsaturated/α-hetero) is 1. The summed E-state index contributed by atoms with van der Waals surface area (Å²) < 4.78 is 44.7. The molecule has 3 aromatic rings. The van der Waals surface area contributed by atoms with Crippen LogP contribution in [0.25, 0.3) is 0 Å². The molecule has 0 saturated carbocycles. The fraction of sp³-hybridized carbons (Fsp3) is 0.357. The van der Waals surface area contributed by atoms with Gasteiger partial charge in [-0.15, -0.1) is 11.3 Å². The fourth-order valence-electron chi connectivity index (χ4n) is 4.47. The van der Waals surface area contributed by atoms with Crippen molar-refractivity contribution in [2.24, 2.45) is 0 Å². The number of rotatable bonds is 9. The number of hydrogen-bond acceptors (Lipinski definition) is 6.